The van der Waals surface area contributed by atoms with Crippen molar-refractivity contribution in [3.8, 4) is 0 Å². The standard InChI is InChI=1S/C16H24N2O2.CH4O/c1-5-20-18-13(4)15-8-6-14(7-9-15)10-16(11-19)17-12(2)3;1-2/h6-9,11-12,16-17H,5,10H2,1-4H3;2H,1H3/b18-13-;. The van der Waals surface area contributed by atoms with E-state index >= 15 is 0 Å². The molecule has 0 heterocycles. The highest BCUT2D eigenvalue weighted by Crippen LogP contribution is 2.08. The Morgan fingerprint density at radius 1 is 1.32 bits per heavy atom. The molecule has 124 valence electrons. The third-order valence-electron chi connectivity index (χ3n) is 2.87. The van der Waals surface area contributed by atoms with Gasteiger partial charge in [0, 0.05) is 13.2 Å². The Morgan fingerprint density at radius 3 is 2.36 bits per heavy atom. The highest BCUT2D eigenvalue weighted by molar-refractivity contribution is 5.98. The Balaban J connectivity index is 0.00000211. The Bertz CT molecular complexity index is 442. The van der Waals surface area contributed by atoms with Gasteiger partial charge in [0.25, 0.3) is 0 Å². The number of rotatable bonds is 8. The van der Waals surface area contributed by atoms with E-state index in [9.17, 15) is 4.79 Å². The van der Waals surface area contributed by atoms with Gasteiger partial charge in [-0.3, -0.25) is 0 Å². The molecule has 1 unspecified atom stereocenters. The van der Waals surface area contributed by atoms with E-state index < -0.39 is 0 Å². The van der Waals surface area contributed by atoms with Crippen LogP contribution in [0, 0.1) is 0 Å². The lowest BCUT2D eigenvalue weighted by Crippen LogP contribution is -2.37. The Kier molecular flexibility index (Phi) is 11.0. The lowest BCUT2D eigenvalue weighted by molar-refractivity contribution is -0.109. The second-order valence-electron chi connectivity index (χ2n) is 5.06. The molecule has 0 aliphatic rings. The van der Waals surface area contributed by atoms with Gasteiger partial charge >= 0.3 is 0 Å². The first kappa shape index (κ1) is 20.3. The van der Waals surface area contributed by atoms with Crippen LogP contribution in [-0.4, -0.2) is 42.9 Å². The lowest BCUT2D eigenvalue weighted by Gasteiger charge is -2.15. The summed E-state index contributed by atoms with van der Waals surface area (Å²) in [6.45, 7) is 8.46. The third kappa shape index (κ3) is 7.90. The summed E-state index contributed by atoms with van der Waals surface area (Å²) in [6, 6.07) is 8.22. The molecule has 0 aliphatic heterocycles. The van der Waals surface area contributed by atoms with Crippen molar-refractivity contribution < 1.29 is 14.7 Å². The number of benzene rings is 1. The molecule has 5 heteroatoms. The predicted octanol–water partition coefficient (Wildman–Crippen LogP) is 2.16. The largest absolute Gasteiger partial charge is 0.400 e. The molecule has 22 heavy (non-hydrogen) atoms. The second-order valence-corrected chi connectivity index (χ2v) is 5.06. The van der Waals surface area contributed by atoms with Gasteiger partial charge < -0.3 is 20.1 Å². The van der Waals surface area contributed by atoms with Crippen molar-refractivity contribution in [2.45, 2.75) is 46.2 Å². The van der Waals surface area contributed by atoms with Crippen LogP contribution in [0.3, 0.4) is 0 Å². The third-order valence-corrected chi connectivity index (χ3v) is 2.87. The van der Waals surface area contributed by atoms with E-state index in [2.05, 4.69) is 10.5 Å². The molecule has 0 radical (unpaired) electrons. The quantitative estimate of drug-likeness (QED) is 0.438. The van der Waals surface area contributed by atoms with Crippen molar-refractivity contribution in [1.82, 2.24) is 5.32 Å². The lowest BCUT2D eigenvalue weighted by atomic mass is 10.0. The molecule has 0 bridgehead atoms. The smallest absolute Gasteiger partial charge is 0.137 e. The van der Waals surface area contributed by atoms with Gasteiger partial charge in [-0.1, -0.05) is 43.3 Å². The van der Waals surface area contributed by atoms with Crippen LogP contribution in [0.2, 0.25) is 0 Å². The average Bonchev–Trinajstić information content (AvgIpc) is 2.54. The minimum Gasteiger partial charge on any atom is -0.400 e. The first-order valence-corrected chi connectivity index (χ1v) is 7.48. The number of carbonyl (C=O) groups excluding carboxylic acids is 1. The van der Waals surface area contributed by atoms with E-state index in [1.165, 1.54) is 0 Å². The molecule has 1 aromatic carbocycles. The van der Waals surface area contributed by atoms with Crippen LogP contribution in [0.5, 0.6) is 0 Å². The molecule has 2 N–H and O–H groups in total. The highest BCUT2D eigenvalue weighted by atomic mass is 16.6. The molecule has 5 nitrogen and oxygen atoms in total. The summed E-state index contributed by atoms with van der Waals surface area (Å²) >= 11 is 0. The summed E-state index contributed by atoms with van der Waals surface area (Å²) < 4.78 is 0. The van der Waals surface area contributed by atoms with Crippen molar-refractivity contribution in [3.63, 3.8) is 0 Å². The Hall–Kier alpha value is -1.72. The topological polar surface area (TPSA) is 70.9 Å². The fourth-order valence-corrected chi connectivity index (χ4v) is 1.92. The number of aldehydes is 1. The van der Waals surface area contributed by atoms with Gasteiger partial charge in [-0.2, -0.15) is 0 Å². The number of nitrogens with one attached hydrogen (secondary N) is 1. The van der Waals surface area contributed by atoms with Gasteiger partial charge in [-0.05, 0) is 31.4 Å². The number of hydrogen-bond acceptors (Lipinski definition) is 5. The number of aliphatic hydroxyl groups excluding tert-OH is 1. The van der Waals surface area contributed by atoms with Crippen LogP contribution in [0.4, 0.5) is 0 Å². The summed E-state index contributed by atoms with van der Waals surface area (Å²) in [5.41, 5.74) is 3.01. The zero-order valence-corrected chi connectivity index (χ0v) is 14.2. The first-order chi connectivity index (χ1) is 10.6. The summed E-state index contributed by atoms with van der Waals surface area (Å²) in [6.07, 6.45) is 1.67. The molecule has 1 aromatic rings. The predicted molar refractivity (Wildman–Crippen MR) is 90.2 cm³/mol. The zero-order valence-electron chi connectivity index (χ0n) is 14.2. The van der Waals surface area contributed by atoms with Crippen LogP contribution in [-0.2, 0) is 16.1 Å². The number of nitrogens with zero attached hydrogens (tertiary/aromatic N) is 1. The fourth-order valence-electron chi connectivity index (χ4n) is 1.92. The van der Waals surface area contributed by atoms with Gasteiger partial charge in [0.15, 0.2) is 0 Å². The number of oxime groups is 1. The van der Waals surface area contributed by atoms with Gasteiger partial charge in [-0.25, -0.2) is 0 Å². The summed E-state index contributed by atoms with van der Waals surface area (Å²) in [5, 5.41) is 14.2. The van der Waals surface area contributed by atoms with Crippen molar-refractivity contribution in [3.05, 3.63) is 35.4 Å². The van der Waals surface area contributed by atoms with Crippen molar-refractivity contribution in [2.24, 2.45) is 5.16 Å². The number of aliphatic hydroxyl groups is 1. The van der Waals surface area contributed by atoms with E-state index in [0.717, 1.165) is 30.2 Å². The van der Waals surface area contributed by atoms with Crippen LogP contribution < -0.4 is 5.32 Å². The molecule has 0 saturated heterocycles. The Morgan fingerprint density at radius 2 is 1.91 bits per heavy atom. The molecule has 0 saturated carbocycles. The summed E-state index contributed by atoms with van der Waals surface area (Å²) in [4.78, 5) is 16.1. The van der Waals surface area contributed by atoms with Crippen molar-refractivity contribution >= 4 is 12.0 Å². The molecule has 0 spiro atoms. The van der Waals surface area contributed by atoms with Crippen LogP contribution in [0.1, 0.15) is 38.8 Å². The normalized spacial score (nSPS) is 12.4. The molecule has 0 aromatic heterocycles. The molecular formula is C17H28N2O3. The van der Waals surface area contributed by atoms with Gasteiger partial charge in [0.05, 0.1) is 11.8 Å². The van der Waals surface area contributed by atoms with Crippen LogP contribution >= 0.6 is 0 Å². The second kappa shape index (κ2) is 11.9. The van der Waals surface area contributed by atoms with E-state index in [0.29, 0.717) is 19.1 Å². The average molecular weight is 308 g/mol. The molecular weight excluding hydrogens is 280 g/mol. The monoisotopic (exact) mass is 308 g/mol. The molecule has 0 fully saturated rings. The molecule has 1 atom stereocenters. The number of carbonyl (C=O) groups is 1. The first-order valence-electron chi connectivity index (χ1n) is 7.48. The van der Waals surface area contributed by atoms with Crippen molar-refractivity contribution in [2.75, 3.05) is 13.7 Å². The van der Waals surface area contributed by atoms with E-state index in [1.54, 1.807) is 0 Å². The maximum atomic E-state index is 11.0. The Labute approximate surface area is 133 Å². The van der Waals surface area contributed by atoms with Gasteiger partial charge in [0.1, 0.15) is 12.9 Å². The minimum atomic E-state index is -0.140. The summed E-state index contributed by atoms with van der Waals surface area (Å²) in [7, 11) is 1.00. The maximum absolute atomic E-state index is 11.0. The van der Waals surface area contributed by atoms with E-state index in [1.807, 2.05) is 52.0 Å². The number of hydrogen-bond donors (Lipinski definition) is 2. The van der Waals surface area contributed by atoms with E-state index in [-0.39, 0.29) is 6.04 Å². The van der Waals surface area contributed by atoms with E-state index in [4.69, 9.17) is 9.94 Å². The van der Waals surface area contributed by atoms with Gasteiger partial charge in [-0.15, -0.1) is 0 Å². The minimum absolute atomic E-state index is 0.140. The molecule has 0 aliphatic carbocycles. The maximum Gasteiger partial charge on any atom is 0.137 e. The fraction of sp³-hybridized carbons (Fsp3) is 0.529. The van der Waals surface area contributed by atoms with Gasteiger partial charge in [0.2, 0.25) is 0 Å². The molecule has 0 amide bonds. The SMILES string of the molecule is CCO/N=C(/C)c1ccc(CC(C=O)NC(C)C)cc1.CO. The highest BCUT2D eigenvalue weighted by Gasteiger charge is 2.09. The summed E-state index contributed by atoms with van der Waals surface area (Å²) in [5.74, 6) is 0. The van der Waals surface area contributed by atoms with Crippen LogP contribution in [0.25, 0.3) is 0 Å². The molecule has 1 rings (SSSR count). The zero-order chi connectivity index (χ0) is 17.0. The van der Waals surface area contributed by atoms with Crippen LogP contribution in [0.15, 0.2) is 29.4 Å². The van der Waals surface area contributed by atoms with Crippen molar-refractivity contribution in [1.29, 1.82) is 0 Å².